The van der Waals surface area contributed by atoms with Gasteiger partial charge in [-0.2, -0.15) is 0 Å². The van der Waals surface area contributed by atoms with Crippen LogP contribution in [0.4, 0.5) is 10.5 Å². The van der Waals surface area contributed by atoms with Crippen molar-refractivity contribution >= 4 is 29.6 Å². The Labute approximate surface area is 302 Å². The van der Waals surface area contributed by atoms with E-state index in [4.69, 9.17) is 23.7 Å². The molecule has 4 amide bonds. The summed E-state index contributed by atoms with van der Waals surface area (Å²) in [5, 5.41) is 2.27. The fraction of sp³-hybridized carbons (Fsp3) is 0.167. The van der Waals surface area contributed by atoms with E-state index in [0.29, 0.717) is 60.7 Å². The molecule has 264 valence electrons. The van der Waals surface area contributed by atoms with Crippen molar-refractivity contribution in [3.05, 3.63) is 149 Å². The first kappa shape index (κ1) is 35.3. The largest absolute Gasteiger partial charge is 0.490 e. The highest BCUT2D eigenvalue weighted by molar-refractivity contribution is 6.39. The molecule has 0 saturated carbocycles. The van der Waals surface area contributed by atoms with E-state index < -0.39 is 17.8 Å². The standard InChI is InChI=1S/C42H38N2O8/c1-3-48-38-24-31(15-21-36(38)52-28-32-16-22-37(39(25-32)49-4-2)51-27-30-13-9-6-10-14-30)23-35-40(45)43-42(47)44(41(35)46)33-17-19-34(20-18-33)50-26-29-11-7-5-8-12-29/h5-25H,3-4,26-28H2,1-2H3,(H,43,45,47)/b35-23-. The van der Waals surface area contributed by atoms with Crippen molar-refractivity contribution in [2.75, 3.05) is 18.1 Å². The summed E-state index contributed by atoms with van der Waals surface area (Å²) < 4.78 is 29.7. The molecule has 0 aromatic heterocycles. The van der Waals surface area contributed by atoms with Gasteiger partial charge in [0.2, 0.25) is 0 Å². The Hall–Kier alpha value is -6.55. The molecule has 5 aromatic carbocycles. The number of rotatable bonds is 15. The van der Waals surface area contributed by atoms with E-state index in [0.717, 1.165) is 21.6 Å². The second-order valence-electron chi connectivity index (χ2n) is 11.6. The minimum absolute atomic E-state index is 0.210. The topological polar surface area (TPSA) is 113 Å². The highest BCUT2D eigenvalue weighted by atomic mass is 16.5. The van der Waals surface area contributed by atoms with Gasteiger partial charge >= 0.3 is 6.03 Å². The van der Waals surface area contributed by atoms with Gasteiger partial charge in [0.05, 0.1) is 18.9 Å². The average molecular weight is 699 g/mol. The molecule has 0 radical (unpaired) electrons. The zero-order valence-corrected chi connectivity index (χ0v) is 28.9. The Bertz CT molecular complexity index is 2050. The molecule has 0 unspecified atom stereocenters. The first-order valence-electron chi connectivity index (χ1n) is 16.9. The molecule has 10 heteroatoms. The van der Waals surface area contributed by atoms with Gasteiger partial charge in [-0.05, 0) is 90.7 Å². The molecule has 0 bridgehead atoms. The number of carbonyl (C=O) groups is 3. The Morgan fingerprint density at radius 1 is 0.558 bits per heavy atom. The monoisotopic (exact) mass is 698 g/mol. The molecule has 1 fully saturated rings. The lowest BCUT2D eigenvalue weighted by molar-refractivity contribution is -0.122. The molecule has 6 rings (SSSR count). The molecule has 0 aliphatic carbocycles. The van der Waals surface area contributed by atoms with Crippen molar-refractivity contribution < 1.29 is 38.1 Å². The minimum atomic E-state index is -0.841. The van der Waals surface area contributed by atoms with Crippen molar-refractivity contribution in [3.63, 3.8) is 0 Å². The van der Waals surface area contributed by atoms with Gasteiger partial charge in [0.25, 0.3) is 11.8 Å². The molecule has 52 heavy (non-hydrogen) atoms. The molecular weight excluding hydrogens is 660 g/mol. The van der Waals surface area contributed by atoms with Crippen molar-refractivity contribution in [3.8, 4) is 28.7 Å². The van der Waals surface area contributed by atoms with Crippen LogP contribution in [0.3, 0.4) is 0 Å². The van der Waals surface area contributed by atoms with E-state index in [1.807, 2.05) is 92.7 Å². The van der Waals surface area contributed by atoms with Crippen LogP contribution in [0.15, 0.2) is 127 Å². The number of carbonyl (C=O) groups excluding carboxylic acids is 3. The lowest BCUT2D eigenvalue weighted by Gasteiger charge is -2.26. The van der Waals surface area contributed by atoms with Gasteiger partial charge in [0.15, 0.2) is 23.0 Å². The molecule has 10 nitrogen and oxygen atoms in total. The number of anilines is 1. The lowest BCUT2D eigenvalue weighted by Crippen LogP contribution is -2.54. The summed E-state index contributed by atoms with van der Waals surface area (Å²) in [5.74, 6) is 1.15. The van der Waals surface area contributed by atoms with E-state index in [2.05, 4.69) is 5.32 Å². The summed E-state index contributed by atoms with van der Waals surface area (Å²) in [7, 11) is 0. The number of imide groups is 2. The maximum atomic E-state index is 13.6. The Morgan fingerprint density at radius 2 is 1.12 bits per heavy atom. The maximum Gasteiger partial charge on any atom is 0.335 e. The number of nitrogens with zero attached hydrogens (tertiary/aromatic N) is 1. The predicted octanol–water partition coefficient (Wildman–Crippen LogP) is 7.89. The van der Waals surface area contributed by atoms with Crippen LogP contribution >= 0.6 is 0 Å². The van der Waals surface area contributed by atoms with E-state index >= 15 is 0 Å². The van der Waals surface area contributed by atoms with Gasteiger partial charge in [0, 0.05) is 0 Å². The second-order valence-corrected chi connectivity index (χ2v) is 11.6. The summed E-state index contributed by atoms with van der Waals surface area (Å²) in [4.78, 5) is 40.2. The smallest absolute Gasteiger partial charge is 0.335 e. The number of benzene rings is 5. The zero-order valence-electron chi connectivity index (χ0n) is 28.9. The van der Waals surface area contributed by atoms with E-state index in [9.17, 15) is 14.4 Å². The van der Waals surface area contributed by atoms with E-state index in [-0.39, 0.29) is 17.9 Å². The normalized spacial score (nSPS) is 13.5. The SMILES string of the molecule is CCOc1cc(/C=C2/C(=O)NC(=O)N(c3ccc(OCc4ccccc4)cc3)C2=O)ccc1OCc1ccc(OCc2ccccc2)c(OCC)c1. The highest BCUT2D eigenvalue weighted by Gasteiger charge is 2.37. The molecule has 0 atom stereocenters. The minimum Gasteiger partial charge on any atom is -0.490 e. The summed E-state index contributed by atoms with van der Waals surface area (Å²) in [5.41, 5.74) is 3.49. The number of nitrogens with one attached hydrogen (secondary N) is 1. The molecule has 1 N–H and O–H groups in total. The lowest BCUT2D eigenvalue weighted by atomic mass is 10.1. The van der Waals surface area contributed by atoms with Crippen LogP contribution in [0.1, 0.15) is 36.1 Å². The third-order valence-electron chi connectivity index (χ3n) is 7.96. The van der Waals surface area contributed by atoms with Gasteiger partial charge < -0.3 is 23.7 Å². The van der Waals surface area contributed by atoms with Crippen LogP contribution in [0.5, 0.6) is 28.7 Å². The Balaban J connectivity index is 1.14. The molecule has 5 aromatic rings. The molecule has 1 saturated heterocycles. The van der Waals surface area contributed by atoms with Crippen molar-refractivity contribution in [1.82, 2.24) is 5.32 Å². The van der Waals surface area contributed by atoms with Crippen LogP contribution in [0, 0.1) is 0 Å². The first-order chi connectivity index (χ1) is 25.4. The number of barbiturate groups is 1. The van der Waals surface area contributed by atoms with Crippen molar-refractivity contribution in [2.45, 2.75) is 33.7 Å². The van der Waals surface area contributed by atoms with Crippen LogP contribution in [0.25, 0.3) is 6.08 Å². The van der Waals surface area contributed by atoms with Gasteiger partial charge in [0.1, 0.15) is 31.1 Å². The highest BCUT2D eigenvalue weighted by Crippen LogP contribution is 2.33. The van der Waals surface area contributed by atoms with Gasteiger partial charge in [-0.1, -0.05) is 72.8 Å². The summed E-state index contributed by atoms with van der Waals surface area (Å²) >= 11 is 0. The second kappa shape index (κ2) is 16.9. The van der Waals surface area contributed by atoms with Gasteiger partial charge in [-0.25, -0.2) is 9.69 Å². The summed E-state index contributed by atoms with van der Waals surface area (Å²) in [6.07, 6.45) is 1.42. The third-order valence-corrected chi connectivity index (χ3v) is 7.96. The third kappa shape index (κ3) is 8.78. The predicted molar refractivity (Wildman–Crippen MR) is 197 cm³/mol. The Morgan fingerprint density at radius 3 is 1.73 bits per heavy atom. The fourth-order valence-electron chi connectivity index (χ4n) is 5.42. The summed E-state index contributed by atoms with van der Waals surface area (Å²) in [6, 6.07) is 36.0. The molecule has 0 spiro atoms. The summed E-state index contributed by atoms with van der Waals surface area (Å²) in [6.45, 7) is 5.58. The molecule has 1 aliphatic heterocycles. The maximum absolute atomic E-state index is 13.6. The van der Waals surface area contributed by atoms with Crippen LogP contribution < -0.4 is 33.9 Å². The van der Waals surface area contributed by atoms with Crippen LogP contribution in [0.2, 0.25) is 0 Å². The molecule has 1 heterocycles. The number of ether oxygens (including phenoxy) is 5. The van der Waals surface area contributed by atoms with Crippen LogP contribution in [-0.4, -0.2) is 31.1 Å². The molecular formula is C42H38N2O8. The zero-order chi connectivity index (χ0) is 36.3. The van der Waals surface area contributed by atoms with Crippen molar-refractivity contribution in [2.24, 2.45) is 0 Å². The quantitative estimate of drug-likeness (QED) is 0.0868. The number of amides is 4. The fourth-order valence-corrected chi connectivity index (χ4v) is 5.42. The molecule has 1 aliphatic rings. The van der Waals surface area contributed by atoms with E-state index in [1.165, 1.54) is 6.08 Å². The van der Waals surface area contributed by atoms with Crippen molar-refractivity contribution in [1.29, 1.82) is 0 Å². The number of hydrogen-bond donors (Lipinski definition) is 1. The first-order valence-corrected chi connectivity index (χ1v) is 16.9. The van der Waals surface area contributed by atoms with Crippen LogP contribution in [-0.2, 0) is 29.4 Å². The van der Waals surface area contributed by atoms with E-state index in [1.54, 1.807) is 42.5 Å². The Kier molecular flexibility index (Phi) is 11.5. The van der Waals surface area contributed by atoms with Gasteiger partial charge in [-0.3, -0.25) is 14.9 Å². The number of urea groups is 1. The number of hydrogen-bond acceptors (Lipinski definition) is 8. The average Bonchev–Trinajstić information content (AvgIpc) is 3.16. The van der Waals surface area contributed by atoms with Gasteiger partial charge in [-0.15, -0.1) is 0 Å².